The van der Waals surface area contributed by atoms with Crippen LogP contribution in [0.5, 0.6) is 0 Å². The van der Waals surface area contributed by atoms with Crippen molar-refractivity contribution < 1.29 is 8.42 Å². The number of aliphatic imine (C=N–C) groups is 1. The lowest BCUT2D eigenvalue weighted by molar-refractivity contribution is 0.370. The zero-order valence-electron chi connectivity index (χ0n) is 14.4. The van der Waals surface area contributed by atoms with Crippen LogP contribution in [0.3, 0.4) is 0 Å². The van der Waals surface area contributed by atoms with Crippen LogP contribution >= 0.6 is 24.0 Å². The van der Waals surface area contributed by atoms with Crippen LogP contribution in [0.4, 0.5) is 0 Å². The van der Waals surface area contributed by atoms with Crippen LogP contribution in [0.15, 0.2) is 34.2 Å². The van der Waals surface area contributed by atoms with E-state index in [0.29, 0.717) is 12.0 Å². The van der Waals surface area contributed by atoms with Crippen LogP contribution in [0, 0.1) is 5.41 Å². The van der Waals surface area contributed by atoms with E-state index in [1.54, 1.807) is 12.1 Å². The number of hydrogen-bond acceptors (Lipinski definition) is 3. The second-order valence-electron chi connectivity index (χ2n) is 6.70. The molecule has 1 fully saturated rings. The Morgan fingerprint density at radius 1 is 1.42 bits per heavy atom. The molecule has 0 aliphatic carbocycles. The Hall–Kier alpha value is -0.870. The molecular weight excluding hydrogens is 439 g/mol. The maximum atomic E-state index is 11.4. The fourth-order valence-corrected chi connectivity index (χ4v) is 3.29. The molecule has 3 N–H and O–H groups in total. The molecular formula is C16H27IN4O2S. The number of likely N-dealkylation sites (tertiary alicyclic amines) is 1. The van der Waals surface area contributed by atoms with Crippen LogP contribution in [0.1, 0.15) is 32.8 Å². The van der Waals surface area contributed by atoms with E-state index in [-0.39, 0.29) is 28.9 Å². The monoisotopic (exact) mass is 466 g/mol. The molecule has 0 saturated carbocycles. The third kappa shape index (κ3) is 5.89. The minimum atomic E-state index is -3.68. The molecule has 0 spiro atoms. The molecule has 1 aromatic carbocycles. The number of rotatable bonds is 4. The zero-order chi connectivity index (χ0) is 17.1. The number of guanidine groups is 1. The molecule has 0 unspecified atom stereocenters. The summed E-state index contributed by atoms with van der Waals surface area (Å²) in [6.45, 7) is 9.72. The standard InChI is InChI=1S/C16H26N4O2S.HI/c1-4-18-15(20-9-8-16(2,3)12-20)19-11-13-6-5-7-14(10-13)23(17,21)22;/h5-7,10H,4,8-9,11-12H2,1-3H3,(H,18,19)(H2,17,21,22);1H. The predicted molar refractivity (Wildman–Crippen MR) is 108 cm³/mol. The van der Waals surface area contributed by atoms with Gasteiger partial charge in [0.25, 0.3) is 0 Å². The molecule has 0 amide bonds. The Labute approximate surface area is 162 Å². The molecule has 136 valence electrons. The van der Waals surface area contributed by atoms with Gasteiger partial charge in [-0.25, -0.2) is 18.5 Å². The lowest BCUT2D eigenvalue weighted by Crippen LogP contribution is -2.40. The maximum Gasteiger partial charge on any atom is 0.238 e. The number of primary sulfonamides is 1. The molecule has 8 heteroatoms. The van der Waals surface area contributed by atoms with Crippen LogP contribution in [-0.2, 0) is 16.6 Å². The number of sulfonamides is 1. The third-order valence-corrected chi connectivity index (χ3v) is 4.86. The van der Waals surface area contributed by atoms with E-state index in [2.05, 4.69) is 29.1 Å². The van der Waals surface area contributed by atoms with E-state index < -0.39 is 10.0 Å². The molecule has 6 nitrogen and oxygen atoms in total. The Morgan fingerprint density at radius 3 is 2.67 bits per heavy atom. The summed E-state index contributed by atoms with van der Waals surface area (Å²) in [5, 5.41) is 8.48. The van der Waals surface area contributed by atoms with E-state index in [0.717, 1.165) is 37.6 Å². The molecule has 0 atom stereocenters. The topological polar surface area (TPSA) is 87.8 Å². The SMILES string of the molecule is CCNC(=NCc1cccc(S(N)(=O)=O)c1)N1CCC(C)(C)C1.I. The number of benzene rings is 1. The summed E-state index contributed by atoms with van der Waals surface area (Å²) in [5.41, 5.74) is 1.12. The smallest absolute Gasteiger partial charge is 0.238 e. The highest BCUT2D eigenvalue weighted by atomic mass is 127. The summed E-state index contributed by atoms with van der Waals surface area (Å²) in [6.07, 6.45) is 1.14. The summed E-state index contributed by atoms with van der Waals surface area (Å²) in [5.74, 6) is 0.874. The van der Waals surface area contributed by atoms with Crippen molar-refractivity contribution in [2.45, 2.75) is 38.6 Å². The van der Waals surface area contributed by atoms with Crippen molar-refractivity contribution in [1.82, 2.24) is 10.2 Å². The summed E-state index contributed by atoms with van der Waals surface area (Å²) in [6, 6.07) is 6.62. The van der Waals surface area contributed by atoms with E-state index in [9.17, 15) is 8.42 Å². The normalized spacial score (nSPS) is 17.5. The molecule has 0 radical (unpaired) electrons. The van der Waals surface area contributed by atoms with Gasteiger partial charge in [-0.05, 0) is 36.5 Å². The number of nitrogens with zero attached hydrogens (tertiary/aromatic N) is 2. The van der Waals surface area contributed by atoms with Gasteiger partial charge in [0.2, 0.25) is 10.0 Å². The second kappa shape index (κ2) is 8.48. The van der Waals surface area contributed by atoms with Crippen LogP contribution in [-0.4, -0.2) is 38.9 Å². The van der Waals surface area contributed by atoms with Gasteiger partial charge in [-0.15, -0.1) is 24.0 Å². The highest BCUT2D eigenvalue weighted by molar-refractivity contribution is 14.0. The Balaban J connectivity index is 0.00000288. The van der Waals surface area contributed by atoms with E-state index >= 15 is 0 Å². The van der Waals surface area contributed by atoms with E-state index in [1.807, 2.05) is 13.0 Å². The molecule has 1 saturated heterocycles. The Kier molecular flexibility index (Phi) is 7.48. The van der Waals surface area contributed by atoms with E-state index in [1.165, 1.54) is 6.07 Å². The first-order valence-electron chi connectivity index (χ1n) is 7.86. The summed E-state index contributed by atoms with van der Waals surface area (Å²) < 4.78 is 22.9. The Morgan fingerprint density at radius 2 is 2.12 bits per heavy atom. The first-order chi connectivity index (χ1) is 10.7. The minimum absolute atomic E-state index is 0. The fraction of sp³-hybridized carbons (Fsp3) is 0.562. The predicted octanol–water partition coefficient (Wildman–Crippen LogP) is 2.15. The third-order valence-electron chi connectivity index (χ3n) is 3.95. The highest BCUT2D eigenvalue weighted by Crippen LogP contribution is 2.28. The van der Waals surface area contributed by atoms with Crippen LogP contribution < -0.4 is 10.5 Å². The van der Waals surface area contributed by atoms with Gasteiger partial charge in [0.05, 0.1) is 11.4 Å². The molecule has 1 heterocycles. The number of nitrogens with two attached hydrogens (primary N) is 1. The van der Waals surface area contributed by atoms with Gasteiger partial charge in [0.1, 0.15) is 0 Å². The summed E-state index contributed by atoms with van der Waals surface area (Å²) >= 11 is 0. The number of hydrogen-bond donors (Lipinski definition) is 2. The van der Waals surface area contributed by atoms with Gasteiger partial charge in [0.15, 0.2) is 5.96 Å². The van der Waals surface area contributed by atoms with Crippen molar-refractivity contribution in [3.05, 3.63) is 29.8 Å². The largest absolute Gasteiger partial charge is 0.357 e. The van der Waals surface area contributed by atoms with Gasteiger partial charge in [-0.2, -0.15) is 0 Å². The molecule has 1 aromatic rings. The molecule has 1 aliphatic rings. The van der Waals surface area contributed by atoms with Crippen molar-refractivity contribution >= 4 is 40.0 Å². The number of nitrogens with one attached hydrogen (secondary N) is 1. The molecule has 1 aliphatic heterocycles. The van der Waals surface area contributed by atoms with Crippen molar-refractivity contribution in [3.8, 4) is 0 Å². The first-order valence-corrected chi connectivity index (χ1v) is 9.41. The zero-order valence-corrected chi connectivity index (χ0v) is 17.6. The van der Waals surface area contributed by atoms with Crippen molar-refractivity contribution in [1.29, 1.82) is 0 Å². The minimum Gasteiger partial charge on any atom is -0.357 e. The molecule has 0 aromatic heterocycles. The van der Waals surface area contributed by atoms with Gasteiger partial charge >= 0.3 is 0 Å². The van der Waals surface area contributed by atoms with Crippen molar-refractivity contribution in [2.75, 3.05) is 19.6 Å². The first kappa shape index (κ1) is 21.2. The van der Waals surface area contributed by atoms with Crippen molar-refractivity contribution in [2.24, 2.45) is 15.5 Å². The average molecular weight is 466 g/mol. The van der Waals surface area contributed by atoms with Crippen LogP contribution in [0.25, 0.3) is 0 Å². The molecule has 2 rings (SSSR count). The lowest BCUT2D eigenvalue weighted by Gasteiger charge is -2.23. The molecule has 24 heavy (non-hydrogen) atoms. The van der Waals surface area contributed by atoms with Gasteiger partial charge in [-0.1, -0.05) is 26.0 Å². The second-order valence-corrected chi connectivity index (χ2v) is 8.26. The van der Waals surface area contributed by atoms with Gasteiger partial charge < -0.3 is 10.2 Å². The van der Waals surface area contributed by atoms with Crippen molar-refractivity contribution in [3.63, 3.8) is 0 Å². The summed E-state index contributed by atoms with van der Waals surface area (Å²) in [7, 11) is -3.68. The Bertz CT molecular complexity index is 689. The lowest BCUT2D eigenvalue weighted by atomic mass is 9.93. The average Bonchev–Trinajstić information content (AvgIpc) is 2.83. The number of halogens is 1. The molecule has 0 bridgehead atoms. The maximum absolute atomic E-state index is 11.4. The fourth-order valence-electron chi connectivity index (χ4n) is 2.71. The quantitative estimate of drug-likeness (QED) is 0.405. The highest BCUT2D eigenvalue weighted by Gasteiger charge is 2.30. The van der Waals surface area contributed by atoms with Crippen LogP contribution in [0.2, 0.25) is 0 Å². The summed E-state index contributed by atoms with van der Waals surface area (Å²) in [4.78, 5) is 7.03. The van der Waals surface area contributed by atoms with Gasteiger partial charge in [-0.3, -0.25) is 0 Å². The van der Waals surface area contributed by atoms with E-state index in [4.69, 9.17) is 5.14 Å². The van der Waals surface area contributed by atoms with Gasteiger partial charge in [0, 0.05) is 19.6 Å².